The number of rotatable bonds is 6. The molecule has 2 aromatic rings. The normalized spacial score (nSPS) is 21.5. The maximum Gasteiger partial charge on any atom is 0.217 e. The van der Waals surface area contributed by atoms with Crippen LogP contribution in [0.1, 0.15) is 39.5 Å². The number of hydrogen-bond donors (Lipinski definition) is 1. The number of halogens is 2. The van der Waals surface area contributed by atoms with Crippen molar-refractivity contribution < 1.29 is 18.7 Å². The Balaban J connectivity index is 1.50. The number of thiazole rings is 1. The summed E-state index contributed by atoms with van der Waals surface area (Å²) in [5.41, 5.74) is 0.551. The molecule has 0 saturated heterocycles. The van der Waals surface area contributed by atoms with Crippen LogP contribution in [-0.4, -0.2) is 35.7 Å². The zero-order valence-electron chi connectivity index (χ0n) is 14.8. The van der Waals surface area contributed by atoms with Crippen LogP contribution in [0.2, 0.25) is 4.47 Å². The van der Waals surface area contributed by atoms with E-state index in [1.54, 1.807) is 12.1 Å². The van der Waals surface area contributed by atoms with Crippen molar-refractivity contribution >= 4 is 39.1 Å². The molecule has 142 valence electrons. The fourth-order valence-electron chi connectivity index (χ4n) is 3.17. The van der Waals surface area contributed by atoms with E-state index in [0.717, 1.165) is 37.0 Å². The number of aromatic nitrogens is 1. The second-order valence-corrected chi connectivity index (χ2v) is 8.23. The van der Waals surface area contributed by atoms with Gasteiger partial charge in [0.25, 0.3) is 0 Å². The number of fused-ring (bicyclic) bond motifs is 1. The number of benzene rings is 1. The van der Waals surface area contributed by atoms with E-state index in [0.29, 0.717) is 21.3 Å². The maximum absolute atomic E-state index is 14.6. The lowest BCUT2D eigenvalue weighted by Crippen LogP contribution is -2.36. The molecule has 1 atom stereocenters. The minimum absolute atomic E-state index is 0.00599. The number of nitrogens with one attached hydrogen (secondary N) is 1. The van der Waals surface area contributed by atoms with Gasteiger partial charge in [-0.05, 0) is 44.7 Å². The maximum atomic E-state index is 14.6. The summed E-state index contributed by atoms with van der Waals surface area (Å²) >= 11 is 6.98. The van der Waals surface area contributed by atoms with Crippen molar-refractivity contribution in [1.82, 2.24) is 10.3 Å². The van der Waals surface area contributed by atoms with Crippen molar-refractivity contribution in [3.63, 3.8) is 0 Å². The first-order valence-electron chi connectivity index (χ1n) is 8.72. The van der Waals surface area contributed by atoms with Gasteiger partial charge in [-0.2, -0.15) is 0 Å². The summed E-state index contributed by atoms with van der Waals surface area (Å²) in [5.74, 6) is -0.199. The predicted molar refractivity (Wildman–Crippen MR) is 100 cm³/mol. The molecule has 1 aromatic heterocycles. The first-order chi connectivity index (χ1) is 12.4. The van der Waals surface area contributed by atoms with Gasteiger partial charge in [-0.25, -0.2) is 9.37 Å². The Hall–Kier alpha value is -1.44. The lowest BCUT2D eigenvalue weighted by molar-refractivity contribution is -0.120. The van der Waals surface area contributed by atoms with Gasteiger partial charge in [-0.1, -0.05) is 22.9 Å². The monoisotopic (exact) mass is 400 g/mol. The molecule has 0 radical (unpaired) electrons. The third kappa shape index (κ3) is 4.84. The molecule has 26 heavy (non-hydrogen) atoms. The molecule has 1 N–H and O–H groups in total. The van der Waals surface area contributed by atoms with Gasteiger partial charge in [0.15, 0.2) is 16.0 Å². The Labute approximate surface area is 160 Å². The van der Waals surface area contributed by atoms with E-state index in [4.69, 9.17) is 21.1 Å². The van der Waals surface area contributed by atoms with Crippen LogP contribution in [0.4, 0.5) is 4.39 Å². The average Bonchev–Trinajstić information content (AvgIpc) is 2.97. The van der Waals surface area contributed by atoms with Crippen molar-refractivity contribution in [2.45, 2.75) is 57.8 Å². The van der Waals surface area contributed by atoms with E-state index in [9.17, 15) is 9.18 Å². The Kier molecular flexibility index (Phi) is 6.32. The standard InChI is InChI=1S/C18H22ClFN2O3S/c1-10(21-11(2)23)9-24-12-3-5-13(6-4-12)25-15-8-7-14-17(16(15)20)26-18(19)22-14/h7-8,10,12-13H,3-6,9H2,1-2H3,(H,21,23)/t10-,12?,13?/m0/s1. The summed E-state index contributed by atoms with van der Waals surface area (Å²) in [5, 5.41) is 2.80. The summed E-state index contributed by atoms with van der Waals surface area (Å²) in [6.45, 7) is 3.91. The summed E-state index contributed by atoms with van der Waals surface area (Å²) in [4.78, 5) is 15.1. The lowest BCUT2D eigenvalue weighted by Gasteiger charge is -2.30. The Morgan fingerprint density at radius 1 is 1.38 bits per heavy atom. The minimum Gasteiger partial charge on any atom is -0.487 e. The van der Waals surface area contributed by atoms with Gasteiger partial charge >= 0.3 is 0 Å². The van der Waals surface area contributed by atoms with E-state index in [1.807, 2.05) is 6.92 Å². The Bertz CT molecular complexity index is 777. The third-order valence-corrected chi connectivity index (χ3v) is 5.55. The first-order valence-corrected chi connectivity index (χ1v) is 9.91. The molecule has 1 aliphatic rings. The molecule has 8 heteroatoms. The molecular weight excluding hydrogens is 379 g/mol. The fourth-order valence-corrected chi connectivity index (χ4v) is 4.21. The molecule has 0 spiro atoms. The topological polar surface area (TPSA) is 60.5 Å². The second kappa shape index (κ2) is 8.50. The van der Waals surface area contributed by atoms with Gasteiger partial charge in [0.2, 0.25) is 5.91 Å². The number of carbonyl (C=O) groups is 1. The Morgan fingerprint density at radius 3 is 2.77 bits per heavy atom. The third-order valence-electron chi connectivity index (χ3n) is 4.38. The molecule has 1 aromatic carbocycles. The van der Waals surface area contributed by atoms with Crippen LogP contribution in [-0.2, 0) is 9.53 Å². The zero-order valence-corrected chi connectivity index (χ0v) is 16.3. The summed E-state index contributed by atoms with van der Waals surface area (Å²) in [6.07, 6.45) is 3.44. The van der Waals surface area contributed by atoms with E-state index in [2.05, 4.69) is 10.3 Å². The van der Waals surface area contributed by atoms with Crippen LogP contribution < -0.4 is 10.1 Å². The largest absolute Gasteiger partial charge is 0.487 e. The molecular formula is C18H22ClFN2O3S. The first kappa shape index (κ1) is 19.3. The van der Waals surface area contributed by atoms with Gasteiger partial charge in [-0.3, -0.25) is 4.79 Å². The summed E-state index contributed by atoms with van der Waals surface area (Å²) < 4.78 is 27.0. The van der Waals surface area contributed by atoms with Crippen molar-refractivity contribution in [2.24, 2.45) is 0 Å². The number of amides is 1. The van der Waals surface area contributed by atoms with Crippen LogP contribution in [0, 0.1) is 5.82 Å². The quantitative estimate of drug-likeness (QED) is 0.784. The number of nitrogens with zero attached hydrogens (tertiary/aromatic N) is 1. The van der Waals surface area contributed by atoms with E-state index in [1.165, 1.54) is 6.92 Å². The molecule has 1 aliphatic carbocycles. The molecule has 1 amide bonds. The average molecular weight is 401 g/mol. The summed E-state index contributed by atoms with van der Waals surface area (Å²) in [7, 11) is 0. The number of hydrogen-bond acceptors (Lipinski definition) is 5. The van der Waals surface area contributed by atoms with Crippen LogP contribution >= 0.6 is 22.9 Å². The van der Waals surface area contributed by atoms with Gasteiger partial charge in [0, 0.05) is 13.0 Å². The summed E-state index contributed by atoms with van der Waals surface area (Å²) in [6, 6.07) is 3.34. The smallest absolute Gasteiger partial charge is 0.217 e. The van der Waals surface area contributed by atoms with Gasteiger partial charge in [-0.15, -0.1) is 0 Å². The van der Waals surface area contributed by atoms with Crippen molar-refractivity contribution in [1.29, 1.82) is 0 Å². The minimum atomic E-state index is -0.394. The molecule has 0 aliphatic heterocycles. The highest BCUT2D eigenvalue weighted by Gasteiger charge is 2.25. The molecule has 3 rings (SSSR count). The molecule has 0 bridgehead atoms. The lowest BCUT2D eigenvalue weighted by atomic mass is 9.95. The van der Waals surface area contributed by atoms with Crippen molar-refractivity contribution in [3.05, 3.63) is 22.4 Å². The van der Waals surface area contributed by atoms with Crippen LogP contribution in [0.3, 0.4) is 0 Å². The molecule has 1 heterocycles. The molecule has 1 saturated carbocycles. The second-order valence-electron chi connectivity index (χ2n) is 6.64. The van der Waals surface area contributed by atoms with Crippen molar-refractivity contribution in [3.8, 4) is 5.75 Å². The van der Waals surface area contributed by atoms with Crippen molar-refractivity contribution in [2.75, 3.05) is 6.61 Å². The van der Waals surface area contributed by atoms with Crippen LogP contribution in [0.25, 0.3) is 10.2 Å². The van der Waals surface area contributed by atoms with E-state index < -0.39 is 5.82 Å². The SMILES string of the molecule is CC(=O)N[C@@H](C)COC1CCC(Oc2ccc3nc(Cl)sc3c2F)CC1. The van der Waals surface area contributed by atoms with Gasteiger partial charge < -0.3 is 14.8 Å². The Morgan fingerprint density at radius 2 is 2.08 bits per heavy atom. The highest BCUT2D eigenvalue weighted by atomic mass is 35.5. The predicted octanol–water partition coefficient (Wildman–Crippen LogP) is 4.32. The molecule has 5 nitrogen and oxygen atoms in total. The fraction of sp³-hybridized carbons (Fsp3) is 0.556. The van der Waals surface area contributed by atoms with E-state index in [-0.39, 0.29) is 29.9 Å². The zero-order chi connectivity index (χ0) is 18.7. The molecule has 1 fully saturated rings. The highest BCUT2D eigenvalue weighted by molar-refractivity contribution is 7.22. The number of carbonyl (C=O) groups excluding carboxylic acids is 1. The van der Waals surface area contributed by atoms with Crippen LogP contribution in [0.5, 0.6) is 5.75 Å². The number of ether oxygens (including phenoxy) is 2. The van der Waals surface area contributed by atoms with Gasteiger partial charge in [0.05, 0.1) is 29.0 Å². The van der Waals surface area contributed by atoms with E-state index >= 15 is 0 Å². The van der Waals surface area contributed by atoms with Crippen LogP contribution in [0.15, 0.2) is 12.1 Å². The highest BCUT2D eigenvalue weighted by Crippen LogP contribution is 2.34. The molecule has 0 unspecified atom stereocenters. The van der Waals surface area contributed by atoms with Gasteiger partial charge in [0.1, 0.15) is 0 Å².